The van der Waals surface area contributed by atoms with E-state index in [1.54, 1.807) is 12.3 Å². The maximum atomic E-state index is 13.6. The highest BCUT2D eigenvalue weighted by Crippen LogP contribution is 2.23. The molecule has 0 unspecified atom stereocenters. The van der Waals surface area contributed by atoms with Crippen LogP contribution in [0, 0.1) is 5.82 Å². The van der Waals surface area contributed by atoms with Crippen LogP contribution in [0.5, 0.6) is 0 Å². The van der Waals surface area contributed by atoms with Gasteiger partial charge in [-0.3, -0.25) is 0 Å². The van der Waals surface area contributed by atoms with Crippen molar-refractivity contribution in [3.8, 4) is 0 Å². The Balaban J connectivity index is 1.50. The molecule has 7 heteroatoms. The van der Waals surface area contributed by atoms with Crippen molar-refractivity contribution in [1.82, 2.24) is 9.88 Å². The van der Waals surface area contributed by atoms with E-state index in [0.717, 1.165) is 38.8 Å². The molecule has 1 aromatic rings. The van der Waals surface area contributed by atoms with Crippen LogP contribution in [0.25, 0.3) is 0 Å². The molecule has 0 radical (unpaired) electrons. The van der Waals surface area contributed by atoms with Gasteiger partial charge in [0.1, 0.15) is 9.84 Å². The van der Waals surface area contributed by atoms with Crippen molar-refractivity contribution in [1.29, 1.82) is 0 Å². The van der Waals surface area contributed by atoms with Gasteiger partial charge < -0.3 is 10.2 Å². The van der Waals surface area contributed by atoms with E-state index >= 15 is 0 Å². The lowest BCUT2D eigenvalue weighted by molar-refractivity contribution is 0.147. The Hall–Kier alpha value is -1.21. The van der Waals surface area contributed by atoms with Crippen molar-refractivity contribution < 1.29 is 12.8 Å². The van der Waals surface area contributed by atoms with Gasteiger partial charge in [-0.05, 0) is 37.8 Å². The first-order valence-electron chi connectivity index (χ1n) is 7.85. The van der Waals surface area contributed by atoms with Crippen LogP contribution >= 0.6 is 0 Å². The van der Waals surface area contributed by atoms with Crippen molar-refractivity contribution in [3.63, 3.8) is 0 Å². The summed E-state index contributed by atoms with van der Waals surface area (Å²) < 4.78 is 36.6. The van der Waals surface area contributed by atoms with E-state index in [2.05, 4.69) is 15.2 Å². The molecule has 2 fully saturated rings. The maximum absolute atomic E-state index is 13.6. The molecule has 2 aliphatic rings. The molecule has 0 spiro atoms. The van der Waals surface area contributed by atoms with Gasteiger partial charge >= 0.3 is 0 Å². The largest absolute Gasteiger partial charge is 0.365 e. The van der Waals surface area contributed by atoms with Gasteiger partial charge in [0.25, 0.3) is 0 Å². The Bertz CT molecular complexity index is 601. The summed E-state index contributed by atoms with van der Waals surface area (Å²) in [5.41, 5.74) is 0. The van der Waals surface area contributed by atoms with Crippen molar-refractivity contribution in [2.75, 3.05) is 29.9 Å². The number of sulfone groups is 1. The average Bonchev–Trinajstić information content (AvgIpc) is 2.51. The van der Waals surface area contributed by atoms with Crippen molar-refractivity contribution in [2.24, 2.45) is 0 Å². The molecule has 0 aromatic carbocycles. The topological polar surface area (TPSA) is 62.3 Å². The molecule has 5 nitrogen and oxygen atoms in total. The van der Waals surface area contributed by atoms with Gasteiger partial charge in [-0.25, -0.2) is 17.8 Å². The molecule has 0 bridgehead atoms. The summed E-state index contributed by atoms with van der Waals surface area (Å²) in [5.74, 6) is 0.636. The SMILES string of the molecule is O=S1(=O)CCC(N2CCC(Nc3ncccc3F)CC2)CC1. The number of nitrogens with zero attached hydrogens (tertiary/aromatic N) is 2. The summed E-state index contributed by atoms with van der Waals surface area (Å²) in [6.45, 7) is 1.85. The minimum absolute atomic E-state index is 0.230. The molecular formula is C15H22FN3O2S. The van der Waals surface area contributed by atoms with E-state index in [1.807, 2.05) is 0 Å². The molecule has 3 heterocycles. The fraction of sp³-hybridized carbons (Fsp3) is 0.667. The first-order valence-corrected chi connectivity index (χ1v) is 9.67. The number of nitrogens with one attached hydrogen (secondary N) is 1. The van der Waals surface area contributed by atoms with E-state index in [1.165, 1.54) is 6.07 Å². The van der Waals surface area contributed by atoms with E-state index in [9.17, 15) is 12.8 Å². The van der Waals surface area contributed by atoms with Gasteiger partial charge in [0.05, 0.1) is 11.5 Å². The van der Waals surface area contributed by atoms with Crippen LogP contribution in [0.3, 0.4) is 0 Å². The number of anilines is 1. The van der Waals surface area contributed by atoms with Gasteiger partial charge in [0.15, 0.2) is 11.6 Å². The fourth-order valence-electron chi connectivity index (χ4n) is 3.34. The van der Waals surface area contributed by atoms with E-state index < -0.39 is 9.84 Å². The normalized spacial score (nSPS) is 24.2. The third-order valence-electron chi connectivity index (χ3n) is 4.67. The zero-order chi connectivity index (χ0) is 15.6. The lowest BCUT2D eigenvalue weighted by atomic mass is 10.0. The van der Waals surface area contributed by atoms with E-state index in [-0.39, 0.29) is 11.9 Å². The molecule has 0 saturated carbocycles. The molecule has 22 heavy (non-hydrogen) atoms. The number of hydrogen-bond acceptors (Lipinski definition) is 5. The van der Waals surface area contributed by atoms with Crippen LogP contribution in [0.4, 0.5) is 10.2 Å². The number of piperidine rings is 1. The zero-order valence-electron chi connectivity index (χ0n) is 12.5. The summed E-state index contributed by atoms with van der Waals surface area (Å²) in [6, 6.07) is 3.61. The minimum atomic E-state index is -2.80. The summed E-state index contributed by atoms with van der Waals surface area (Å²) >= 11 is 0. The highest BCUT2D eigenvalue weighted by atomic mass is 32.2. The predicted octanol–water partition coefficient (Wildman–Crippen LogP) is 1.67. The smallest absolute Gasteiger partial charge is 0.165 e. The molecule has 2 saturated heterocycles. The Morgan fingerprint density at radius 1 is 1.18 bits per heavy atom. The second-order valence-electron chi connectivity index (χ2n) is 6.17. The predicted molar refractivity (Wildman–Crippen MR) is 84.1 cm³/mol. The number of likely N-dealkylation sites (tertiary alicyclic amines) is 1. The molecule has 0 amide bonds. The minimum Gasteiger partial charge on any atom is -0.365 e. The molecular weight excluding hydrogens is 305 g/mol. The highest BCUT2D eigenvalue weighted by molar-refractivity contribution is 7.91. The average molecular weight is 327 g/mol. The fourth-order valence-corrected chi connectivity index (χ4v) is 4.80. The monoisotopic (exact) mass is 327 g/mol. The molecule has 122 valence electrons. The second-order valence-corrected chi connectivity index (χ2v) is 8.48. The van der Waals surface area contributed by atoms with Crippen LogP contribution in [-0.4, -0.2) is 55.0 Å². The quantitative estimate of drug-likeness (QED) is 0.915. The standard InChI is InChI=1S/C15H22FN3O2S/c16-14-2-1-7-17-15(14)18-12-3-8-19(9-4-12)13-5-10-22(20,21)11-6-13/h1-2,7,12-13H,3-6,8-11H2,(H,17,18). The van der Waals surface area contributed by atoms with Crippen LogP contribution in [-0.2, 0) is 9.84 Å². The first kappa shape index (κ1) is 15.7. The van der Waals surface area contributed by atoms with Gasteiger partial charge in [-0.1, -0.05) is 0 Å². The summed E-state index contributed by atoms with van der Waals surface area (Å²) in [6.07, 6.45) is 4.94. The molecule has 3 rings (SSSR count). The van der Waals surface area contributed by atoms with Crippen molar-refractivity contribution >= 4 is 15.7 Å². The van der Waals surface area contributed by atoms with Crippen LogP contribution in [0.1, 0.15) is 25.7 Å². The maximum Gasteiger partial charge on any atom is 0.165 e. The van der Waals surface area contributed by atoms with Crippen LogP contribution in [0.15, 0.2) is 18.3 Å². The lowest BCUT2D eigenvalue weighted by Gasteiger charge is -2.39. The van der Waals surface area contributed by atoms with Crippen LogP contribution in [0.2, 0.25) is 0 Å². The summed E-state index contributed by atoms with van der Waals surface area (Å²) in [4.78, 5) is 6.42. The van der Waals surface area contributed by atoms with E-state index in [4.69, 9.17) is 0 Å². The van der Waals surface area contributed by atoms with Crippen LogP contribution < -0.4 is 5.32 Å². The molecule has 2 aliphatic heterocycles. The molecule has 1 N–H and O–H groups in total. The number of hydrogen-bond donors (Lipinski definition) is 1. The highest BCUT2D eigenvalue weighted by Gasteiger charge is 2.30. The third-order valence-corrected chi connectivity index (χ3v) is 6.38. The first-order chi connectivity index (χ1) is 10.5. The van der Waals surface area contributed by atoms with Crippen molar-refractivity contribution in [2.45, 2.75) is 37.8 Å². The van der Waals surface area contributed by atoms with Gasteiger partial charge in [-0.2, -0.15) is 0 Å². The van der Waals surface area contributed by atoms with Gasteiger partial charge in [0, 0.05) is 31.4 Å². The van der Waals surface area contributed by atoms with Gasteiger partial charge in [-0.15, -0.1) is 0 Å². The third kappa shape index (κ3) is 3.76. The number of pyridine rings is 1. The lowest BCUT2D eigenvalue weighted by Crippen LogP contribution is -2.47. The Kier molecular flexibility index (Phi) is 4.63. The second kappa shape index (κ2) is 6.50. The van der Waals surface area contributed by atoms with Crippen molar-refractivity contribution in [3.05, 3.63) is 24.1 Å². The Morgan fingerprint density at radius 3 is 2.50 bits per heavy atom. The Labute approximate surface area is 130 Å². The molecule has 0 atom stereocenters. The number of aromatic nitrogens is 1. The summed E-state index contributed by atoms with van der Waals surface area (Å²) in [5, 5.41) is 3.18. The van der Waals surface area contributed by atoms with Gasteiger partial charge in [0.2, 0.25) is 0 Å². The Morgan fingerprint density at radius 2 is 1.86 bits per heavy atom. The number of halogens is 1. The summed E-state index contributed by atoms with van der Waals surface area (Å²) in [7, 11) is -2.80. The molecule has 1 aromatic heterocycles. The number of rotatable bonds is 3. The zero-order valence-corrected chi connectivity index (χ0v) is 13.4. The van der Waals surface area contributed by atoms with E-state index in [0.29, 0.717) is 23.4 Å². The molecule has 0 aliphatic carbocycles.